The van der Waals surface area contributed by atoms with E-state index in [9.17, 15) is 23.2 Å². The van der Waals surface area contributed by atoms with Gasteiger partial charge in [-0.25, -0.2) is 13.6 Å². The van der Waals surface area contributed by atoms with E-state index in [1.165, 1.54) is 36.1 Å². The van der Waals surface area contributed by atoms with Gasteiger partial charge in [0.2, 0.25) is 11.8 Å². The van der Waals surface area contributed by atoms with Crippen LogP contribution in [0.4, 0.5) is 25.0 Å². The first-order valence-electron chi connectivity index (χ1n) is 11.3. The van der Waals surface area contributed by atoms with E-state index in [0.29, 0.717) is 37.6 Å². The highest BCUT2D eigenvalue weighted by Gasteiger charge is 2.33. The Morgan fingerprint density at radius 3 is 2.46 bits per heavy atom. The molecule has 0 aliphatic carbocycles. The van der Waals surface area contributed by atoms with Gasteiger partial charge in [0.1, 0.15) is 17.7 Å². The second-order valence-electron chi connectivity index (χ2n) is 8.39. The normalized spacial score (nSPS) is 18.2. The number of halogens is 2. The molecular weight excluding hydrogens is 458 g/mol. The minimum Gasteiger partial charge on any atom is -0.442 e. The topological polar surface area (TPSA) is 82.2 Å². The Hall–Kier alpha value is -3.95. The lowest BCUT2D eigenvalue weighted by Crippen LogP contribution is -2.48. The maximum absolute atomic E-state index is 15.0. The SMILES string of the molecule is CC(=O)NC[C@H]1CN(c2ccc(N3CCN(C(=O)/C=C/c4ccc(F)cc4)CC3)c(F)c2)C(=O)O1. The van der Waals surface area contributed by atoms with Gasteiger partial charge in [-0.1, -0.05) is 12.1 Å². The van der Waals surface area contributed by atoms with E-state index >= 15 is 0 Å². The number of anilines is 2. The number of cyclic esters (lactones) is 1. The Bertz CT molecular complexity index is 1130. The molecule has 2 aliphatic rings. The maximum atomic E-state index is 15.0. The van der Waals surface area contributed by atoms with Crippen LogP contribution >= 0.6 is 0 Å². The lowest BCUT2D eigenvalue weighted by molar-refractivity contribution is -0.126. The summed E-state index contributed by atoms with van der Waals surface area (Å²) in [6, 6.07) is 10.4. The molecule has 0 spiro atoms. The Morgan fingerprint density at radius 1 is 1.09 bits per heavy atom. The third-order valence-corrected chi connectivity index (χ3v) is 5.92. The number of ether oxygens (including phenoxy) is 1. The molecule has 0 bridgehead atoms. The van der Waals surface area contributed by atoms with Crippen molar-refractivity contribution in [3.05, 3.63) is 65.7 Å². The van der Waals surface area contributed by atoms with Crippen LogP contribution in [0.2, 0.25) is 0 Å². The Kier molecular flexibility index (Phi) is 7.28. The molecule has 8 nitrogen and oxygen atoms in total. The minimum atomic E-state index is -0.590. The number of rotatable bonds is 6. The molecule has 0 saturated carbocycles. The van der Waals surface area contributed by atoms with Gasteiger partial charge >= 0.3 is 6.09 Å². The van der Waals surface area contributed by atoms with Crippen LogP contribution in [0.15, 0.2) is 48.5 Å². The zero-order valence-corrected chi connectivity index (χ0v) is 19.2. The summed E-state index contributed by atoms with van der Waals surface area (Å²) < 4.78 is 33.2. The number of benzene rings is 2. The molecule has 1 N–H and O–H groups in total. The van der Waals surface area contributed by atoms with E-state index in [0.717, 1.165) is 5.56 Å². The first-order valence-corrected chi connectivity index (χ1v) is 11.3. The zero-order valence-electron chi connectivity index (χ0n) is 19.2. The molecule has 2 fully saturated rings. The lowest BCUT2D eigenvalue weighted by Gasteiger charge is -2.36. The average molecular weight is 485 g/mol. The molecule has 2 saturated heterocycles. The van der Waals surface area contributed by atoms with Crippen molar-refractivity contribution >= 4 is 35.4 Å². The molecule has 2 aromatic rings. The van der Waals surface area contributed by atoms with E-state index in [-0.39, 0.29) is 30.7 Å². The van der Waals surface area contributed by atoms with Gasteiger partial charge in [0.05, 0.1) is 24.5 Å². The number of piperazine rings is 1. The third kappa shape index (κ3) is 5.95. The van der Waals surface area contributed by atoms with Gasteiger partial charge in [-0.3, -0.25) is 14.5 Å². The van der Waals surface area contributed by atoms with Crippen LogP contribution in [0.25, 0.3) is 6.08 Å². The molecule has 35 heavy (non-hydrogen) atoms. The number of nitrogens with one attached hydrogen (secondary N) is 1. The first kappa shape index (κ1) is 24.2. The molecule has 0 radical (unpaired) electrons. The van der Waals surface area contributed by atoms with Gasteiger partial charge in [-0.05, 0) is 42.0 Å². The third-order valence-electron chi connectivity index (χ3n) is 5.92. The molecule has 10 heteroatoms. The second-order valence-corrected chi connectivity index (χ2v) is 8.39. The number of hydrogen-bond donors (Lipinski definition) is 1. The average Bonchev–Trinajstić information content (AvgIpc) is 3.22. The van der Waals surface area contributed by atoms with Gasteiger partial charge in [0, 0.05) is 39.2 Å². The van der Waals surface area contributed by atoms with Crippen molar-refractivity contribution in [2.24, 2.45) is 0 Å². The summed E-state index contributed by atoms with van der Waals surface area (Å²) in [5.41, 5.74) is 1.50. The van der Waals surface area contributed by atoms with Crippen molar-refractivity contribution in [1.29, 1.82) is 0 Å². The number of hydrogen-bond acceptors (Lipinski definition) is 5. The molecule has 2 heterocycles. The quantitative estimate of drug-likeness (QED) is 0.638. The van der Waals surface area contributed by atoms with Gasteiger partial charge in [0.15, 0.2) is 0 Å². The maximum Gasteiger partial charge on any atom is 0.414 e. The standard InChI is InChI=1S/C25H26F2N4O4/c1-17(32)28-15-21-16-31(25(34)35-21)20-7-8-23(22(27)14-20)29-10-12-30(13-11-29)24(33)9-4-18-2-5-19(26)6-3-18/h2-9,14,21H,10-13,15-16H2,1H3,(H,28,32)/b9-4+/t21-/m0/s1. The molecule has 2 aliphatic heterocycles. The molecule has 4 rings (SSSR count). The van der Waals surface area contributed by atoms with Crippen molar-refractivity contribution in [3.8, 4) is 0 Å². The molecule has 184 valence electrons. The second kappa shape index (κ2) is 10.5. The van der Waals surface area contributed by atoms with Crippen LogP contribution in [0, 0.1) is 11.6 Å². The fourth-order valence-electron chi connectivity index (χ4n) is 4.03. The Labute approximate surface area is 201 Å². The summed E-state index contributed by atoms with van der Waals surface area (Å²) in [4.78, 5) is 40.6. The summed E-state index contributed by atoms with van der Waals surface area (Å²) in [5.74, 6) is -1.19. The van der Waals surface area contributed by atoms with E-state index < -0.39 is 18.0 Å². The van der Waals surface area contributed by atoms with Gasteiger partial charge in [0.25, 0.3) is 0 Å². The molecule has 3 amide bonds. The fraction of sp³-hybridized carbons (Fsp3) is 0.320. The molecule has 1 atom stereocenters. The fourth-order valence-corrected chi connectivity index (χ4v) is 4.03. The van der Waals surface area contributed by atoms with Crippen LogP contribution in [0.3, 0.4) is 0 Å². The number of amides is 3. The summed E-state index contributed by atoms with van der Waals surface area (Å²) >= 11 is 0. The van der Waals surface area contributed by atoms with Crippen molar-refractivity contribution in [3.63, 3.8) is 0 Å². The van der Waals surface area contributed by atoms with Gasteiger partial charge in [-0.2, -0.15) is 0 Å². The van der Waals surface area contributed by atoms with Crippen molar-refractivity contribution in [2.45, 2.75) is 13.0 Å². The van der Waals surface area contributed by atoms with Crippen molar-refractivity contribution in [1.82, 2.24) is 10.2 Å². The van der Waals surface area contributed by atoms with Crippen molar-refractivity contribution in [2.75, 3.05) is 49.1 Å². The van der Waals surface area contributed by atoms with Crippen molar-refractivity contribution < 1.29 is 27.9 Å². The summed E-state index contributed by atoms with van der Waals surface area (Å²) in [7, 11) is 0. The number of nitrogens with zero attached hydrogens (tertiary/aromatic N) is 3. The van der Waals surface area contributed by atoms with E-state index in [1.54, 1.807) is 35.2 Å². The minimum absolute atomic E-state index is 0.161. The van der Waals surface area contributed by atoms with E-state index in [2.05, 4.69) is 5.32 Å². The van der Waals surface area contributed by atoms with Crippen LogP contribution in [0.1, 0.15) is 12.5 Å². The highest BCUT2D eigenvalue weighted by molar-refractivity contribution is 5.92. The van der Waals surface area contributed by atoms with Crippen LogP contribution in [0.5, 0.6) is 0 Å². The highest BCUT2D eigenvalue weighted by atomic mass is 19.1. The predicted molar refractivity (Wildman–Crippen MR) is 127 cm³/mol. The number of carbonyl (C=O) groups is 3. The van der Waals surface area contributed by atoms with E-state index in [1.807, 2.05) is 4.90 Å². The molecular formula is C25H26F2N4O4. The molecule has 0 unspecified atom stereocenters. The van der Waals surface area contributed by atoms with E-state index in [4.69, 9.17) is 4.74 Å². The summed E-state index contributed by atoms with van der Waals surface area (Å²) in [5, 5.41) is 2.60. The number of carbonyl (C=O) groups excluding carboxylic acids is 3. The highest BCUT2D eigenvalue weighted by Crippen LogP contribution is 2.28. The summed E-state index contributed by atoms with van der Waals surface area (Å²) in [6.07, 6.45) is 1.99. The van der Waals surface area contributed by atoms with Crippen LogP contribution < -0.4 is 15.1 Å². The Balaban J connectivity index is 1.33. The molecule has 2 aromatic carbocycles. The summed E-state index contributed by atoms with van der Waals surface area (Å²) in [6.45, 7) is 3.55. The largest absolute Gasteiger partial charge is 0.442 e. The predicted octanol–water partition coefficient (Wildman–Crippen LogP) is 2.79. The van der Waals surface area contributed by atoms with Gasteiger partial charge < -0.3 is 19.9 Å². The monoisotopic (exact) mass is 484 g/mol. The Morgan fingerprint density at radius 2 is 1.80 bits per heavy atom. The lowest BCUT2D eigenvalue weighted by atomic mass is 10.2. The zero-order chi connectivity index (χ0) is 24.9. The van der Waals surface area contributed by atoms with Crippen LogP contribution in [-0.4, -0.2) is 68.2 Å². The first-order chi connectivity index (χ1) is 16.8. The van der Waals surface area contributed by atoms with Crippen LogP contribution in [-0.2, 0) is 14.3 Å². The van der Waals surface area contributed by atoms with Gasteiger partial charge in [-0.15, -0.1) is 0 Å². The molecule has 0 aromatic heterocycles. The smallest absolute Gasteiger partial charge is 0.414 e.